The molecule has 0 N–H and O–H groups in total. The molecule has 7 heteroatoms. The molecule has 1 aromatic rings. The number of halogens is 3. The average molecular weight is 314 g/mol. The van der Waals surface area contributed by atoms with Gasteiger partial charge in [0.25, 0.3) is 0 Å². The lowest BCUT2D eigenvalue weighted by Crippen LogP contribution is -2.43. The Morgan fingerprint density at radius 1 is 1.14 bits per heavy atom. The molecule has 4 nitrogen and oxygen atoms in total. The van der Waals surface area contributed by atoms with Crippen LogP contribution in [0.15, 0.2) is 24.3 Å². The normalized spacial score (nSPS) is 25.0. The van der Waals surface area contributed by atoms with Gasteiger partial charge >= 0.3 is 12.3 Å². The summed E-state index contributed by atoms with van der Waals surface area (Å²) in [5.74, 6) is -0.0704. The van der Waals surface area contributed by atoms with Crippen molar-refractivity contribution >= 4 is 6.09 Å². The number of nitrogens with zero attached hydrogens (tertiary/aromatic N) is 2. The highest BCUT2D eigenvalue weighted by Gasteiger charge is 2.34. The topological polar surface area (TPSA) is 32.8 Å². The summed E-state index contributed by atoms with van der Waals surface area (Å²) in [5, 5.41) is 0. The third-order valence-corrected chi connectivity index (χ3v) is 4.26. The van der Waals surface area contributed by atoms with E-state index < -0.39 is 17.8 Å². The van der Waals surface area contributed by atoms with Gasteiger partial charge in [-0.2, -0.15) is 13.2 Å². The van der Waals surface area contributed by atoms with E-state index >= 15 is 0 Å². The van der Waals surface area contributed by atoms with Crippen LogP contribution < -0.4 is 4.74 Å². The molecule has 0 unspecified atom stereocenters. The van der Waals surface area contributed by atoms with Crippen molar-refractivity contribution in [2.24, 2.45) is 0 Å². The van der Waals surface area contributed by atoms with Crippen molar-refractivity contribution in [2.45, 2.75) is 25.1 Å². The SMILES string of the molecule is O=C(Oc1cccc(C(F)(F)F)c1)N1CCN2CCC1CC2. The van der Waals surface area contributed by atoms with Crippen LogP contribution in [-0.2, 0) is 6.18 Å². The van der Waals surface area contributed by atoms with E-state index in [-0.39, 0.29) is 11.8 Å². The lowest BCUT2D eigenvalue weighted by Gasteiger charge is -2.30. The van der Waals surface area contributed by atoms with E-state index in [0.29, 0.717) is 6.54 Å². The zero-order valence-electron chi connectivity index (χ0n) is 12.0. The monoisotopic (exact) mass is 314 g/mol. The van der Waals surface area contributed by atoms with Gasteiger partial charge < -0.3 is 14.5 Å². The Kier molecular flexibility index (Phi) is 3.99. The van der Waals surface area contributed by atoms with Crippen LogP contribution in [0, 0.1) is 0 Å². The van der Waals surface area contributed by atoms with Gasteiger partial charge in [0.15, 0.2) is 0 Å². The summed E-state index contributed by atoms with van der Waals surface area (Å²) in [6, 6.07) is 4.54. The van der Waals surface area contributed by atoms with Gasteiger partial charge in [0.05, 0.1) is 5.56 Å². The first kappa shape index (κ1) is 15.1. The number of alkyl halides is 3. The first-order chi connectivity index (χ1) is 10.4. The number of hydrogen-bond donors (Lipinski definition) is 0. The second-order valence-electron chi connectivity index (χ2n) is 5.66. The number of ether oxygens (including phenoxy) is 1. The highest BCUT2D eigenvalue weighted by Crippen LogP contribution is 2.31. The fraction of sp³-hybridized carbons (Fsp3) is 0.533. The summed E-state index contributed by atoms with van der Waals surface area (Å²) < 4.78 is 43.2. The molecule has 1 amide bonds. The van der Waals surface area contributed by atoms with Crippen LogP contribution in [0.25, 0.3) is 0 Å². The second-order valence-corrected chi connectivity index (χ2v) is 5.66. The van der Waals surface area contributed by atoms with Crippen LogP contribution in [0.5, 0.6) is 5.75 Å². The van der Waals surface area contributed by atoms with Crippen molar-refractivity contribution in [1.82, 2.24) is 9.80 Å². The standard InChI is InChI=1S/C15H17F3N2O2/c16-15(17,18)11-2-1-3-13(10-11)22-14(21)20-9-8-19-6-4-12(20)5-7-19/h1-3,10,12H,4-9H2. The minimum atomic E-state index is -4.45. The molecule has 0 radical (unpaired) electrons. The smallest absolute Gasteiger partial charge is 0.410 e. The molecule has 1 aromatic carbocycles. The molecule has 3 aliphatic rings. The lowest BCUT2D eigenvalue weighted by atomic mass is 10.1. The largest absolute Gasteiger partial charge is 0.416 e. The van der Waals surface area contributed by atoms with Gasteiger partial charge in [-0.15, -0.1) is 0 Å². The molecule has 3 fully saturated rings. The van der Waals surface area contributed by atoms with E-state index in [1.54, 1.807) is 4.90 Å². The molecule has 0 atom stereocenters. The summed E-state index contributed by atoms with van der Waals surface area (Å²) in [4.78, 5) is 16.2. The number of piperidine rings is 1. The molecule has 22 heavy (non-hydrogen) atoms. The Hall–Kier alpha value is -1.76. The van der Waals surface area contributed by atoms with Crippen molar-refractivity contribution < 1.29 is 22.7 Å². The van der Waals surface area contributed by atoms with Crippen molar-refractivity contribution in [3.8, 4) is 5.75 Å². The van der Waals surface area contributed by atoms with Crippen LogP contribution in [-0.4, -0.2) is 48.1 Å². The lowest BCUT2D eigenvalue weighted by molar-refractivity contribution is -0.137. The quantitative estimate of drug-likeness (QED) is 0.799. The van der Waals surface area contributed by atoms with Crippen molar-refractivity contribution in [3.63, 3.8) is 0 Å². The molecule has 0 spiro atoms. The fourth-order valence-electron chi connectivity index (χ4n) is 3.02. The first-order valence-corrected chi connectivity index (χ1v) is 7.31. The molecule has 0 aliphatic carbocycles. The third kappa shape index (κ3) is 3.19. The second kappa shape index (κ2) is 5.79. The highest BCUT2D eigenvalue weighted by atomic mass is 19.4. The van der Waals surface area contributed by atoms with Crippen LogP contribution in [0.3, 0.4) is 0 Å². The zero-order chi connectivity index (χ0) is 15.7. The van der Waals surface area contributed by atoms with E-state index in [1.165, 1.54) is 12.1 Å². The van der Waals surface area contributed by atoms with E-state index in [1.807, 2.05) is 0 Å². The number of carbonyl (C=O) groups is 1. The van der Waals surface area contributed by atoms with E-state index in [0.717, 1.165) is 44.6 Å². The summed E-state index contributed by atoms with van der Waals surface area (Å²) >= 11 is 0. The van der Waals surface area contributed by atoms with E-state index in [4.69, 9.17) is 4.74 Å². The van der Waals surface area contributed by atoms with E-state index in [9.17, 15) is 18.0 Å². The molecular weight excluding hydrogens is 297 g/mol. The number of amides is 1. The van der Waals surface area contributed by atoms with Gasteiger partial charge in [0, 0.05) is 32.2 Å². The molecule has 4 rings (SSSR count). The summed E-state index contributed by atoms with van der Waals surface area (Å²) in [7, 11) is 0. The Labute approximate surface area is 126 Å². The maximum absolute atomic E-state index is 12.7. The molecule has 0 saturated carbocycles. The Bertz CT molecular complexity index is 554. The minimum absolute atomic E-state index is 0.0704. The van der Waals surface area contributed by atoms with Gasteiger partial charge in [-0.25, -0.2) is 4.79 Å². The number of carbonyl (C=O) groups excluding carboxylic acids is 1. The van der Waals surface area contributed by atoms with Crippen LogP contribution in [0.4, 0.5) is 18.0 Å². The maximum atomic E-state index is 12.7. The zero-order valence-corrected chi connectivity index (χ0v) is 12.0. The molecule has 3 heterocycles. The predicted octanol–water partition coefficient (Wildman–Crippen LogP) is 2.98. The van der Waals surface area contributed by atoms with Crippen LogP contribution in [0.2, 0.25) is 0 Å². The number of benzene rings is 1. The Morgan fingerprint density at radius 3 is 2.55 bits per heavy atom. The average Bonchev–Trinajstić information content (AvgIpc) is 2.80. The van der Waals surface area contributed by atoms with Gasteiger partial charge in [-0.1, -0.05) is 6.07 Å². The fourth-order valence-corrected chi connectivity index (χ4v) is 3.02. The summed E-state index contributed by atoms with van der Waals surface area (Å²) in [5.41, 5.74) is -0.819. The van der Waals surface area contributed by atoms with Crippen molar-refractivity contribution in [2.75, 3.05) is 26.2 Å². The first-order valence-electron chi connectivity index (χ1n) is 7.31. The highest BCUT2D eigenvalue weighted by molar-refractivity contribution is 5.71. The third-order valence-electron chi connectivity index (χ3n) is 4.26. The molecule has 3 aliphatic heterocycles. The Balaban J connectivity index is 1.71. The minimum Gasteiger partial charge on any atom is -0.410 e. The molecular formula is C15H17F3N2O2. The van der Waals surface area contributed by atoms with Gasteiger partial charge in [-0.05, 0) is 31.0 Å². The molecule has 2 bridgehead atoms. The number of rotatable bonds is 1. The van der Waals surface area contributed by atoms with Crippen molar-refractivity contribution in [1.29, 1.82) is 0 Å². The molecule has 3 saturated heterocycles. The van der Waals surface area contributed by atoms with Crippen molar-refractivity contribution in [3.05, 3.63) is 29.8 Å². The number of fused-ring (bicyclic) bond motifs is 4. The molecule has 120 valence electrons. The Morgan fingerprint density at radius 2 is 1.86 bits per heavy atom. The van der Waals surface area contributed by atoms with Gasteiger partial charge in [-0.3, -0.25) is 0 Å². The maximum Gasteiger partial charge on any atom is 0.416 e. The number of hydrogen-bond acceptors (Lipinski definition) is 3. The van der Waals surface area contributed by atoms with Crippen LogP contribution in [0.1, 0.15) is 18.4 Å². The summed E-state index contributed by atoms with van der Waals surface area (Å²) in [6.45, 7) is 3.26. The van der Waals surface area contributed by atoms with E-state index in [2.05, 4.69) is 4.90 Å². The molecule has 0 aromatic heterocycles. The van der Waals surface area contributed by atoms with Gasteiger partial charge in [0.1, 0.15) is 5.75 Å². The van der Waals surface area contributed by atoms with Gasteiger partial charge in [0.2, 0.25) is 0 Å². The predicted molar refractivity (Wildman–Crippen MR) is 73.6 cm³/mol. The van der Waals surface area contributed by atoms with Crippen LogP contribution >= 0.6 is 0 Å². The summed E-state index contributed by atoms with van der Waals surface area (Å²) in [6.07, 6.45) is -3.24.